The molecule has 7 heteroatoms. The van der Waals surface area contributed by atoms with Gasteiger partial charge in [0.15, 0.2) is 0 Å². The van der Waals surface area contributed by atoms with Gasteiger partial charge in [-0.2, -0.15) is 0 Å². The molecular weight excluding hydrogens is 304 g/mol. The minimum atomic E-state index is 0.0681. The van der Waals surface area contributed by atoms with Crippen LogP contribution in [0.1, 0.15) is 18.4 Å². The fourth-order valence-corrected chi connectivity index (χ4v) is 2.68. The van der Waals surface area contributed by atoms with Crippen molar-refractivity contribution in [2.24, 2.45) is 13.0 Å². The normalized spacial score (nSPS) is 13.9. The number of pyridine rings is 1. The number of hydrogen-bond donors (Lipinski definition) is 2. The first kappa shape index (κ1) is 14.6. The molecule has 0 bridgehead atoms. The molecule has 3 aromatic rings. The molecule has 2 N–H and O–H groups in total. The lowest BCUT2D eigenvalue weighted by Crippen LogP contribution is -2.14. The molecule has 0 spiro atoms. The fraction of sp³-hybridized carbons (Fsp3) is 0.294. The summed E-state index contributed by atoms with van der Waals surface area (Å²) in [5.41, 5.74) is 3.91. The van der Waals surface area contributed by atoms with Gasteiger partial charge in [0, 0.05) is 19.5 Å². The molecule has 1 aliphatic rings. The summed E-state index contributed by atoms with van der Waals surface area (Å²) in [5.74, 6) is 0.839. The summed E-state index contributed by atoms with van der Waals surface area (Å²) < 4.78 is 1.78. The maximum Gasteiger partial charge on any atom is 0.228 e. The van der Waals surface area contributed by atoms with E-state index in [0.29, 0.717) is 12.4 Å². The summed E-state index contributed by atoms with van der Waals surface area (Å²) in [5, 5.41) is 14.4. The van der Waals surface area contributed by atoms with Crippen molar-refractivity contribution in [3.05, 3.63) is 42.1 Å². The Balaban J connectivity index is 1.43. The summed E-state index contributed by atoms with van der Waals surface area (Å²) in [6.07, 6.45) is 3.70. The van der Waals surface area contributed by atoms with E-state index in [9.17, 15) is 4.79 Å². The molecule has 2 heterocycles. The average molecular weight is 322 g/mol. The van der Waals surface area contributed by atoms with Gasteiger partial charge in [-0.05, 0) is 36.6 Å². The number of amides is 1. The van der Waals surface area contributed by atoms with E-state index in [0.717, 1.165) is 35.1 Å². The second kappa shape index (κ2) is 5.92. The van der Waals surface area contributed by atoms with E-state index in [1.54, 1.807) is 10.9 Å². The molecule has 0 unspecified atom stereocenters. The zero-order chi connectivity index (χ0) is 16.5. The zero-order valence-electron chi connectivity index (χ0n) is 13.4. The van der Waals surface area contributed by atoms with Crippen LogP contribution in [0.4, 0.5) is 11.5 Å². The molecular formula is C17H18N6O. The van der Waals surface area contributed by atoms with Gasteiger partial charge in [-0.15, -0.1) is 5.10 Å². The third-order valence-electron chi connectivity index (χ3n) is 4.15. The lowest BCUT2D eigenvalue weighted by Gasteiger charge is -2.09. The van der Waals surface area contributed by atoms with Gasteiger partial charge in [-0.1, -0.05) is 17.3 Å². The first-order valence-corrected chi connectivity index (χ1v) is 7.99. The lowest BCUT2D eigenvalue weighted by atomic mass is 10.2. The van der Waals surface area contributed by atoms with E-state index in [1.807, 2.05) is 31.3 Å². The summed E-state index contributed by atoms with van der Waals surface area (Å²) in [6, 6.07) is 9.70. The SMILES string of the molecule is Cn1nnc2cccc(CNc3ccc(NC(=O)C4CC4)nc3)c21. The maximum absolute atomic E-state index is 11.7. The predicted molar refractivity (Wildman–Crippen MR) is 91.4 cm³/mol. The molecule has 0 radical (unpaired) electrons. The highest BCUT2D eigenvalue weighted by atomic mass is 16.2. The molecule has 0 aliphatic heterocycles. The van der Waals surface area contributed by atoms with Gasteiger partial charge in [0.25, 0.3) is 0 Å². The van der Waals surface area contributed by atoms with Crippen LogP contribution in [0.2, 0.25) is 0 Å². The molecule has 0 atom stereocenters. The van der Waals surface area contributed by atoms with E-state index < -0.39 is 0 Å². The van der Waals surface area contributed by atoms with Crippen molar-refractivity contribution in [3.8, 4) is 0 Å². The van der Waals surface area contributed by atoms with E-state index >= 15 is 0 Å². The Morgan fingerprint density at radius 2 is 2.17 bits per heavy atom. The molecule has 1 aromatic carbocycles. The van der Waals surface area contributed by atoms with Gasteiger partial charge in [0.1, 0.15) is 11.3 Å². The average Bonchev–Trinajstić information content (AvgIpc) is 3.38. The first-order chi connectivity index (χ1) is 11.7. The molecule has 7 nitrogen and oxygen atoms in total. The Kier molecular flexibility index (Phi) is 3.60. The van der Waals surface area contributed by atoms with Crippen molar-refractivity contribution in [3.63, 3.8) is 0 Å². The Morgan fingerprint density at radius 3 is 2.92 bits per heavy atom. The van der Waals surface area contributed by atoms with Crippen molar-refractivity contribution in [1.82, 2.24) is 20.0 Å². The topological polar surface area (TPSA) is 84.7 Å². The quantitative estimate of drug-likeness (QED) is 0.753. The van der Waals surface area contributed by atoms with Crippen molar-refractivity contribution >= 4 is 28.4 Å². The summed E-state index contributed by atoms with van der Waals surface area (Å²) in [7, 11) is 1.89. The van der Waals surface area contributed by atoms with Crippen molar-refractivity contribution in [2.75, 3.05) is 10.6 Å². The number of aromatic nitrogens is 4. The van der Waals surface area contributed by atoms with Crippen molar-refractivity contribution in [2.45, 2.75) is 19.4 Å². The molecule has 1 aliphatic carbocycles. The number of nitrogens with one attached hydrogen (secondary N) is 2. The Morgan fingerprint density at radius 1 is 1.29 bits per heavy atom. The second-order valence-corrected chi connectivity index (χ2v) is 6.05. The van der Waals surface area contributed by atoms with E-state index in [2.05, 4.69) is 32.0 Å². The number of rotatable bonds is 5. The number of hydrogen-bond acceptors (Lipinski definition) is 5. The number of para-hydroxylation sites is 1. The highest BCUT2D eigenvalue weighted by Gasteiger charge is 2.29. The molecule has 24 heavy (non-hydrogen) atoms. The van der Waals surface area contributed by atoms with Crippen LogP contribution in [0.25, 0.3) is 11.0 Å². The highest BCUT2D eigenvalue weighted by Crippen LogP contribution is 2.30. The second-order valence-electron chi connectivity index (χ2n) is 6.05. The molecule has 0 saturated heterocycles. The molecule has 1 amide bonds. The van der Waals surface area contributed by atoms with Gasteiger partial charge in [-0.3, -0.25) is 4.79 Å². The minimum absolute atomic E-state index is 0.0681. The number of anilines is 2. The van der Waals surface area contributed by atoms with Crippen LogP contribution in [-0.2, 0) is 18.4 Å². The summed E-state index contributed by atoms with van der Waals surface area (Å²) >= 11 is 0. The number of nitrogens with zero attached hydrogens (tertiary/aromatic N) is 4. The minimum Gasteiger partial charge on any atom is -0.380 e. The molecule has 2 aromatic heterocycles. The van der Waals surface area contributed by atoms with Crippen LogP contribution in [0, 0.1) is 5.92 Å². The van der Waals surface area contributed by atoms with E-state index in [4.69, 9.17) is 0 Å². The Labute approximate surface area is 139 Å². The standard InChI is InChI=1S/C17H18N6O/c1-23-16-12(3-2-4-14(16)21-22-23)9-18-13-7-8-15(19-10-13)20-17(24)11-5-6-11/h2-4,7-8,10-11,18H,5-6,9H2,1H3,(H,19,20,24). The van der Waals surface area contributed by atoms with Gasteiger partial charge in [0.2, 0.25) is 5.91 Å². The van der Waals surface area contributed by atoms with Gasteiger partial charge in [-0.25, -0.2) is 9.67 Å². The Hall–Kier alpha value is -2.96. The highest BCUT2D eigenvalue weighted by molar-refractivity contribution is 5.93. The molecule has 1 saturated carbocycles. The van der Waals surface area contributed by atoms with Gasteiger partial charge < -0.3 is 10.6 Å². The van der Waals surface area contributed by atoms with Gasteiger partial charge in [0.05, 0.1) is 17.4 Å². The van der Waals surface area contributed by atoms with Crippen LogP contribution in [0.3, 0.4) is 0 Å². The van der Waals surface area contributed by atoms with Gasteiger partial charge >= 0.3 is 0 Å². The summed E-state index contributed by atoms with van der Waals surface area (Å²) in [6.45, 7) is 0.647. The number of carbonyl (C=O) groups excluding carboxylic acids is 1. The number of benzene rings is 1. The fourth-order valence-electron chi connectivity index (χ4n) is 2.68. The van der Waals surface area contributed by atoms with E-state index in [1.165, 1.54) is 0 Å². The molecule has 1 fully saturated rings. The van der Waals surface area contributed by atoms with Crippen LogP contribution in [-0.4, -0.2) is 25.9 Å². The predicted octanol–water partition coefficient (Wildman–Crippen LogP) is 2.32. The van der Waals surface area contributed by atoms with Crippen LogP contribution in [0.5, 0.6) is 0 Å². The van der Waals surface area contributed by atoms with Crippen LogP contribution >= 0.6 is 0 Å². The molecule has 122 valence electrons. The smallest absolute Gasteiger partial charge is 0.228 e. The van der Waals surface area contributed by atoms with Crippen molar-refractivity contribution < 1.29 is 4.79 Å². The first-order valence-electron chi connectivity index (χ1n) is 7.99. The van der Waals surface area contributed by atoms with Crippen LogP contribution < -0.4 is 10.6 Å². The lowest BCUT2D eigenvalue weighted by molar-refractivity contribution is -0.117. The summed E-state index contributed by atoms with van der Waals surface area (Å²) in [4.78, 5) is 16.0. The number of fused-ring (bicyclic) bond motifs is 1. The largest absolute Gasteiger partial charge is 0.380 e. The maximum atomic E-state index is 11.7. The number of carbonyl (C=O) groups is 1. The Bertz CT molecular complexity index is 882. The third kappa shape index (κ3) is 2.92. The molecule has 4 rings (SSSR count). The zero-order valence-corrected chi connectivity index (χ0v) is 13.4. The number of aryl methyl sites for hydroxylation is 1. The monoisotopic (exact) mass is 322 g/mol. The van der Waals surface area contributed by atoms with Crippen molar-refractivity contribution in [1.29, 1.82) is 0 Å². The van der Waals surface area contributed by atoms with E-state index in [-0.39, 0.29) is 11.8 Å². The van der Waals surface area contributed by atoms with Crippen LogP contribution in [0.15, 0.2) is 36.5 Å². The third-order valence-corrected chi connectivity index (χ3v) is 4.15.